The van der Waals surface area contributed by atoms with Gasteiger partial charge in [-0.25, -0.2) is 9.37 Å². The SMILES string of the molecule is CCOc1ccc(-c2nnc(C3CC(NC(=O)c4cccc5ccc(=O)[nH]c45)C3)n2-c2ccccc2F)nc1. The molecule has 196 valence electrons. The number of halogens is 1. The van der Waals surface area contributed by atoms with Crippen molar-refractivity contribution >= 4 is 16.8 Å². The molecule has 1 fully saturated rings. The van der Waals surface area contributed by atoms with Gasteiger partial charge >= 0.3 is 0 Å². The second kappa shape index (κ2) is 10.1. The largest absolute Gasteiger partial charge is 0.492 e. The molecule has 2 aromatic carbocycles. The van der Waals surface area contributed by atoms with Crippen LogP contribution in [0.4, 0.5) is 4.39 Å². The van der Waals surface area contributed by atoms with Gasteiger partial charge in [0.05, 0.1) is 29.6 Å². The Kier molecular flexibility index (Phi) is 6.36. The van der Waals surface area contributed by atoms with Crippen LogP contribution in [-0.2, 0) is 0 Å². The maximum Gasteiger partial charge on any atom is 0.253 e. The summed E-state index contributed by atoms with van der Waals surface area (Å²) in [4.78, 5) is 32.1. The van der Waals surface area contributed by atoms with Gasteiger partial charge in [-0.1, -0.05) is 24.3 Å². The molecule has 6 rings (SSSR count). The number of aromatic amines is 1. The number of ether oxygens (including phenoxy) is 1. The van der Waals surface area contributed by atoms with Gasteiger partial charge in [0.15, 0.2) is 5.82 Å². The van der Waals surface area contributed by atoms with E-state index in [1.807, 2.05) is 13.0 Å². The van der Waals surface area contributed by atoms with Crippen LogP contribution < -0.4 is 15.6 Å². The van der Waals surface area contributed by atoms with Crippen LogP contribution in [0.15, 0.2) is 77.7 Å². The Morgan fingerprint density at radius 3 is 2.69 bits per heavy atom. The van der Waals surface area contributed by atoms with E-state index >= 15 is 0 Å². The molecule has 0 radical (unpaired) electrons. The highest BCUT2D eigenvalue weighted by Crippen LogP contribution is 2.39. The van der Waals surface area contributed by atoms with Crippen molar-refractivity contribution in [2.45, 2.75) is 31.7 Å². The van der Waals surface area contributed by atoms with Gasteiger partial charge in [0.1, 0.15) is 23.1 Å². The number of carbonyl (C=O) groups is 1. The van der Waals surface area contributed by atoms with Crippen LogP contribution in [0.2, 0.25) is 0 Å². The lowest BCUT2D eigenvalue weighted by Crippen LogP contribution is -2.44. The van der Waals surface area contributed by atoms with Gasteiger partial charge in [0.25, 0.3) is 5.91 Å². The van der Waals surface area contributed by atoms with E-state index < -0.39 is 5.82 Å². The van der Waals surface area contributed by atoms with Crippen LogP contribution in [0.1, 0.15) is 41.9 Å². The number of para-hydroxylation sites is 2. The summed E-state index contributed by atoms with van der Waals surface area (Å²) in [6.07, 6.45) is 2.82. The van der Waals surface area contributed by atoms with Gasteiger partial charge in [0.2, 0.25) is 5.56 Å². The third-order valence-corrected chi connectivity index (χ3v) is 6.90. The monoisotopic (exact) mass is 524 g/mol. The predicted molar refractivity (Wildman–Crippen MR) is 144 cm³/mol. The first-order valence-corrected chi connectivity index (χ1v) is 12.7. The molecule has 3 aromatic heterocycles. The molecule has 2 N–H and O–H groups in total. The maximum atomic E-state index is 15.0. The Labute approximate surface area is 222 Å². The molecular weight excluding hydrogens is 499 g/mol. The van der Waals surface area contributed by atoms with Crippen LogP contribution >= 0.6 is 0 Å². The van der Waals surface area contributed by atoms with E-state index in [1.165, 1.54) is 12.1 Å². The molecule has 0 spiro atoms. The Bertz CT molecular complexity index is 1720. The second-order valence-electron chi connectivity index (χ2n) is 9.41. The van der Waals surface area contributed by atoms with Crippen LogP contribution in [0.5, 0.6) is 5.75 Å². The molecule has 0 aliphatic heterocycles. The molecule has 0 bridgehead atoms. The molecule has 1 amide bonds. The maximum absolute atomic E-state index is 15.0. The molecule has 3 heterocycles. The van der Waals surface area contributed by atoms with Gasteiger partial charge in [-0.2, -0.15) is 0 Å². The van der Waals surface area contributed by atoms with E-state index in [-0.39, 0.29) is 23.4 Å². The van der Waals surface area contributed by atoms with Gasteiger partial charge in [-0.3, -0.25) is 14.2 Å². The fraction of sp³-hybridized carbons (Fsp3) is 0.207. The lowest BCUT2D eigenvalue weighted by molar-refractivity contribution is 0.0908. The Morgan fingerprint density at radius 1 is 1.08 bits per heavy atom. The zero-order valence-corrected chi connectivity index (χ0v) is 21.1. The minimum absolute atomic E-state index is 0.0498. The van der Waals surface area contributed by atoms with E-state index in [4.69, 9.17) is 4.74 Å². The summed E-state index contributed by atoms with van der Waals surface area (Å²) in [5.74, 6) is 0.939. The van der Waals surface area contributed by atoms with Crippen LogP contribution in [-0.4, -0.2) is 43.3 Å². The fourth-order valence-corrected chi connectivity index (χ4v) is 4.94. The Morgan fingerprint density at radius 2 is 1.92 bits per heavy atom. The number of pyridine rings is 2. The summed E-state index contributed by atoms with van der Waals surface area (Å²) >= 11 is 0. The molecule has 39 heavy (non-hydrogen) atoms. The number of rotatable bonds is 7. The molecule has 1 aliphatic rings. The Balaban J connectivity index is 1.26. The van der Waals surface area contributed by atoms with Crippen LogP contribution in [0.25, 0.3) is 28.1 Å². The van der Waals surface area contributed by atoms with Gasteiger partial charge < -0.3 is 15.0 Å². The highest BCUT2D eigenvalue weighted by molar-refractivity contribution is 6.05. The average molecular weight is 525 g/mol. The van der Waals surface area contributed by atoms with Crippen molar-refractivity contribution in [1.82, 2.24) is 30.0 Å². The summed E-state index contributed by atoms with van der Waals surface area (Å²) < 4.78 is 22.2. The quantitative estimate of drug-likeness (QED) is 0.327. The average Bonchev–Trinajstić information content (AvgIpc) is 3.35. The first-order chi connectivity index (χ1) is 19.0. The van der Waals surface area contributed by atoms with E-state index in [0.717, 1.165) is 5.39 Å². The van der Waals surface area contributed by atoms with Crippen molar-refractivity contribution in [3.8, 4) is 23.0 Å². The van der Waals surface area contributed by atoms with E-state index in [2.05, 4.69) is 25.5 Å². The molecular formula is C29H25FN6O3. The summed E-state index contributed by atoms with van der Waals surface area (Å²) in [7, 11) is 0. The molecule has 1 aliphatic carbocycles. The minimum atomic E-state index is -0.403. The van der Waals surface area contributed by atoms with Crippen molar-refractivity contribution in [3.63, 3.8) is 0 Å². The zero-order chi connectivity index (χ0) is 26.9. The van der Waals surface area contributed by atoms with Crippen molar-refractivity contribution in [2.75, 3.05) is 6.61 Å². The molecule has 10 heteroatoms. The number of nitrogens with one attached hydrogen (secondary N) is 2. The number of aromatic nitrogens is 5. The number of amides is 1. The summed E-state index contributed by atoms with van der Waals surface area (Å²) in [5, 5.41) is 12.6. The summed E-state index contributed by atoms with van der Waals surface area (Å²) in [6.45, 7) is 2.42. The smallest absolute Gasteiger partial charge is 0.253 e. The van der Waals surface area contributed by atoms with Crippen molar-refractivity contribution in [2.24, 2.45) is 0 Å². The van der Waals surface area contributed by atoms with Crippen molar-refractivity contribution in [1.29, 1.82) is 0 Å². The number of carbonyl (C=O) groups excluding carboxylic acids is 1. The number of benzene rings is 2. The van der Waals surface area contributed by atoms with Gasteiger partial charge in [0, 0.05) is 18.0 Å². The van der Waals surface area contributed by atoms with E-state index in [9.17, 15) is 14.0 Å². The van der Waals surface area contributed by atoms with E-state index in [0.29, 0.717) is 59.3 Å². The fourth-order valence-electron chi connectivity index (χ4n) is 4.94. The minimum Gasteiger partial charge on any atom is -0.492 e. The number of fused-ring (bicyclic) bond motifs is 1. The summed E-state index contributed by atoms with van der Waals surface area (Å²) in [6, 6.07) is 18.4. The van der Waals surface area contributed by atoms with E-state index in [1.54, 1.807) is 59.3 Å². The molecule has 5 aromatic rings. The number of H-pyrrole nitrogens is 1. The van der Waals surface area contributed by atoms with Crippen molar-refractivity contribution < 1.29 is 13.9 Å². The second-order valence-corrected chi connectivity index (χ2v) is 9.41. The van der Waals surface area contributed by atoms with Gasteiger partial charge in [-0.05, 0) is 61.5 Å². The zero-order valence-electron chi connectivity index (χ0n) is 21.1. The molecule has 1 saturated carbocycles. The lowest BCUT2D eigenvalue weighted by atomic mass is 9.79. The number of hydrogen-bond acceptors (Lipinski definition) is 6. The number of hydrogen-bond donors (Lipinski definition) is 2. The number of nitrogens with zero attached hydrogens (tertiary/aromatic N) is 4. The summed E-state index contributed by atoms with van der Waals surface area (Å²) in [5.41, 5.74) is 1.51. The normalized spacial score (nSPS) is 16.6. The molecule has 0 saturated heterocycles. The van der Waals surface area contributed by atoms with Gasteiger partial charge in [-0.15, -0.1) is 10.2 Å². The first kappa shape index (κ1) is 24.5. The van der Waals surface area contributed by atoms with Crippen LogP contribution in [0.3, 0.4) is 0 Å². The third-order valence-electron chi connectivity index (χ3n) is 6.90. The topological polar surface area (TPSA) is 115 Å². The molecule has 0 atom stereocenters. The highest BCUT2D eigenvalue weighted by atomic mass is 19.1. The Hall–Kier alpha value is -4.86. The molecule has 0 unspecified atom stereocenters. The predicted octanol–water partition coefficient (Wildman–Crippen LogP) is 4.38. The lowest BCUT2D eigenvalue weighted by Gasteiger charge is -2.35. The third kappa shape index (κ3) is 4.65. The van der Waals surface area contributed by atoms with Crippen LogP contribution in [0, 0.1) is 5.82 Å². The molecule has 9 nitrogen and oxygen atoms in total. The highest BCUT2D eigenvalue weighted by Gasteiger charge is 2.36. The first-order valence-electron chi connectivity index (χ1n) is 12.7. The standard InChI is InChI=1S/C29H25FN6O3/c1-2-39-20-11-12-23(31-16-20)28-35-34-27(36(28)24-9-4-3-8-22(24)30)18-14-19(15-18)32-29(38)21-7-5-6-17-10-13-25(37)33-26(17)21/h3-13,16,18-19H,2,14-15H2,1H3,(H,32,38)(H,33,37). The van der Waals surface area contributed by atoms with Crippen molar-refractivity contribution in [3.05, 3.63) is 100 Å².